The average Bonchev–Trinajstić information content (AvgIpc) is 1.80. The van der Waals surface area contributed by atoms with Gasteiger partial charge in [0.2, 0.25) is 0 Å². The number of hydrogen-bond donors (Lipinski definition) is 0. The van der Waals surface area contributed by atoms with Crippen LogP contribution >= 0.6 is 0 Å². The van der Waals surface area contributed by atoms with Crippen molar-refractivity contribution in [2.45, 2.75) is 19.9 Å². The van der Waals surface area contributed by atoms with E-state index in [9.17, 15) is 0 Å². The molecule has 1 aliphatic rings. The summed E-state index contributed by atoms with van der Waals surface area (Å²) in [5.41, 5.74) is 1.32. The normalized spacial score (nSPS) is 26.3. The molecular formula is C7H12N2. The quantitative estimate of drug-likeness (QED) is 0.474. The van der Waals surface area contributed by atoms with E-state index >= 15 is 0 Å². The molecule has 0 aromatic rings. The first-order chi connectivity index (χ1) is 4.20. The van der Waals surface area contributed by atoms with Gasteiger partial charge >= 0.3 is 0 Å². The van der Waals surface area contributed by atoms with E-state index in [2.05, 4.69) is 25.0 Å². The molecule has 0 bridgehead atoms. The highest BCUT2D eigenvalue weighted by atomic mass is 15.1. The molecule has 0 aromatic heterocycles. The zero-order valence-corrected chi connectivity index (χ0v) is 6.13. The summed E-state index contributed by atoms with van der Waals surface area (Å²) in [5, 5.41) is 0. The minimum atomic E-state index is 0.376. The molecule has 1 aliphatic heterocycles. The maximum atomic E-state index is 4.22. The van der Waals surface area contributed by atoms with Crippen molar-refractivity contribution in [2.75, 3.05) is 7.05 Å². The SMILES string of the molecule is CC1=CN(C)C=NC1C. The molecule has 2 heteroatoms. The Morgan fingerprint density at radius 2 is 2.33 bits per heavy atom. The summed E-state index contributed by atoms with van der Waals surface area (Å²) in [6.07, 6.45) is 3.94. The van der Waals surface area contributed by atoms with Gasteiger partial charge in [-0.15, -0.1) is 0 Å². The third-order valence-corrected chi connectivity index (χ3v) is 1.54. The van der Waals surface area contributed by atoms with Crippen LogP contribution < -0.4 is 0 Å². The second-order valence-corrected chi connectivity index (χ2v) is 2.48. The van der Waals surface area contributed by atoms with Crippen LogP contribution in [0, 0.1) is 0 Å². The summed E-state index contributed by atoms with van der Waals surface area (Å²) in [7, 11) is 1.98. The van der Waals surface area contributed by atoms with Gasteiger partial charge in [-0.05, 0) is 19.4 Å². The lowest BCUT2D eigenvalue weighted by Gasteiger charge is -2.17. The summed E-state index contributed by atoms with van der Waals surface area (Å²) in [6, 6.07) is 0.376. The maximum Gasteiger partial charge on any atom is 0.0894 e. The molecule has 1 rings (SSSR count). The Hall–Kier alpha value is -0.790. The molecule has 0 aromatic carbocycles. The van der Waals surface area contributed by atoms with Gasteiger partial charge in [-0.1, -0.05) is 0 Å². The first-order valence-corrected chi connectivity index (χ1v) is 3.13. The van der Waals surface area contributed by atoms with E-state index in [1.165, 1.54) is 5.57 Å². The van der Waals surface area contributed by atoms with Crippen molar-refractivity contribution in [3.63, 3.8) is 0 Å². The minimum Gasteiger partial charge on any atom is -0.342 e. The lowest BCUT2D eigenvalue weighted by molar-refractivity contribution is 0.649. The molecular weight excluding hydrogens is 112 g/mol. The molecule has 0 spiro atoms. The Bertz CT molecular complexity index is 158. The summed E-state index contributed by atoms with van der Waals surface area (Å²) >= 11 is 0. The van der Waals surface area contributed by atoms with Crippen LogP contribution in [0.3, 0.4) is 0 Å². The van der Waals surface area contributed by atoms with Crippen LogP contribution in [0.5, 0.6) is 0 Å². The first-order valence-electron chi connectivity index (χ1n) is 3.13. The van der Waals surface area contributed by atoms with Gasteiger partial charge in [0.05, 0.1) is 12.4 Å². The Morgan fingerprint density at radius 3 is 2.78 bits per heavy atom. The van der Waals surface area contributed by atoms with E-state index in [0.717, 1.165) is 0 Å². The van der Waals surface area contributed by atoms with Crippen LogP contribution in [0.25, 0.3) is 0 Å². The number of hydrogen-bond acceptors (Lipinski definition) is 2. The molecule has 1 unspecified atom stereocenters. The second-order valence-electron chi connectivity index (χ2n) is 2.48. The van der Waals surface area contributed by atoms with Crippen LogP contribution in [0.15, 0.2) is 16.8 Å². The van der Waals surface area contributed by atoms with Crippen molar-refractivity contribution in [1.82, 2.24) is 4.90 Å². The second kappa shape index (κ2) is 2.21. The van der Waals surface area contributed by atoms with Gasteiger partial charge in [0.1, 0.15) is 0 Å². The highest BCUT2D eigenvalue weighted by molar-refractivity contribution is 5.58. The van der Waals surface area contributed by atoms with Crippen LogP contribution in [-0.4, -0.2) is 24.3 Å². The topological polar surface area (TPSA) is 15.6 Å². The van der Waals surface area contributed by atoms with Crippen molar-refractivity contribution in [2.24, 2.45) is 4.99 Å². The van der Waals surface area contributed by atoms with E-state index < -0.39 is 0 Å². The summed E-state index contributed by atoms with van der Waals surface area (Å²) in [4.78, 5) is 6.19. The number of aliphatic imine (C=N–C) groups is 1. The van der Waals surface area contributed by atoms with E-state index in [0.29, 0.717) is 6.04 Å². The van der Waals surface area contributed by atoms with E-state index in [1.807, 2.05) is 18.3 Å². The smallest absolute Gasteiger partial charge is 0.0894 e. The monoisotopic (exact) mass is 124 g/mol. The highest BCUT2D eigenvalue weighted by Gasteiger charge is 2.05. The molecule has 1 atom stereocenters. The Morgan fingerprint density at radius 1 is 1.67 bits per heavy atom. The highest BCUT2D eigenvalue weighted by Crippen LogP contribution is 2.08. The molecule has 9 heavy (non-hydrogen) atoms. The standard InChI is InChI=1S/C7H12N2/c1-6-4-9(3)5-8-7(6)2/h4-5,7H,1-3H3. The van der Waals surface area contributed by atoms with Crippen molar-refractivity contribution in [3.05, 3.63) is 11.8 Å². The lowest BCUT2D eigenvalue weighted by Crippen LogP contribution is -2.17. The molecule has 0 saturated carbocycles. The van der Waals surface area contributed by atoms with Gasteiger partial charge in [-0.25, -0.2) is 0 Å². The molecule has 2 nitrogen and oxygen atoms in total. The van der Waals surface area contributed by atoms with Gasteiger partial charge in [0.25, 0.3) is 0 Å². The zero-order valence-electron chi connectivity index (χ0n) is 6.13. The first kappa shape index (κ1) is 6.33. The fourth-order valence-electron chi connectivity index (χ4n) is 0.785. The van der Waals surface area contributed by atoms with Crippen LogP contribution in [-0.2, 0) is 0 Å². The lowest BCUT2D eigenvalue weighted by atomic mass is 10.1. The van der Waals surface area contributed by atoms with Gasteiger partial charge in [0, 0.05) is 13.2 Å². The van der Waals surface area contributed by atoms with Gasteiger partial charge < -0.3 is 4.90 Å². The minimum absolute atomic E-state index is 0.376. The summed E-state index contributed by atoms with van der Waals surface area (Å²) < 4.78 is 0. The maximum absolute atomic E-state index is 4.22. The number of nitrogens with zero attached hydrogens (tertiary/aromatic N) is 2. The molecule has 0 radical (unpaired) electrons. The van der Waals surface area contributed by atoms with E-state index in [4.69, 9.17) is 0 Å². The predicted molar refractivity (Wildman–Crippen MR) is 39.5 cm³/mol. The third-order valence-electron chi connectivity index (χ3n) is 1.54. The van der Waals surface area contributed by atoms with Crippen molar-refractivity contribution in [1.29, 1.82) is 0 Å². The molecule has 50 valence electrons. The van der Waals surface area contributed by atoms with Crippen LogP contribution in [0.1, 0.15) is 13.8 Å². The zero-order chi connectivity index (χ0) is 6.85. The Labute approximate surface area is 55.9 Å². The van der Waals surface area contributed by atoms with Gasteiger partial charge in [-0.2, -0.15) is 0 Å². The van der Waals surface area contributed by atoms with Crippen molar-refractivity contribution >= 4 is 6.34 Å². The Kier molecular flexibility index (Phi) is 1.56. The molecule has 0 saturated heterocycles. The molecule has 0 N–H and O–H groups in total. The molecule has 0 amide bonds. The fourth-order valence-corrected chi connectivity index (χ4v) is 0.785. The average molecular weight is 124 g/mol. The summed E-state index contributed by atoms with van der Waals surface area (Å²) in [5.74, 6) is 0. The van der Waals surface area contributed by atoms with Crippen molar-refractivity contribution in [3.8, 4) is 0 Å². The largest absolute Gasteiger partial charge is 0.342 e. The van der Waals surface area contributed by atoms with E-state index in [-0.39, 0.29) is 0 Å². The van der Waals surface area contributed by atoms with Gasteiger partial charge in [0.15, 0.2) is 0 Å². The molecule has 0 fully saturated rings. The molecule has 1 heterocycles. The van der Waals surface area contributed by atoms with Crippen molar-refractivity contribution < 1.29 is 0 Å². The Balaban J connectivity index is 2.70. The van der Waals surface area contributed by atoms with Gasteiger partial charge in [-0.3, -0.25) is 4.99 Å². The number of rotatable bonds is 0. The fraction of sp³-hybridized carbons (Fsp3) is 0.571. The van der Waals surface area contributed by atoms with Crippen LogP contribution in [0.2, 0.25) is 0 Å². The molecule has 0 aliphatic carbocycles. The predicted octanol–water partition coefficient (Wildman–Crippen LogP) is 1.25. The third kappa shape index (κ3) is 1.31. The van der Waals surface area contributed by atoms with E-state index in [1.54, 1.807) is 0 Å². The van der Waals surface area contributed by atoms with Crippen LogP contribution in [0.4, 0.5) is 0 Å². The summed E-state index contributed by atoms with van der Waals surface area (Å²) in [6.45, 7) is 4.19.